The van der Waals surface area contributed by atoms with Crippen molar-refractivity contribution in [3.05, 3.63) is 53.0 Å². The maximum absolute atomic E-state index is 12.0. The lowest BCUT2D eigenvalue weighted by Gasteiger charge is -2.11. The van der Waals surface area contributed by atoms with E-state index in [0.717, 1.165) is 29.0 Å². The molecule has 18 heavy (non-hydrogen) atoms. The quantitative estimate of drug-likeness (QED) is 0.892. The van der Waals surface area contributed by atoms with Gasteiger partial charge in [0.1, 0.15) is 5.76 Å². The van der Waals surface area contributed by atoms with Crippen LogP contribution in [0.2, 0.25) is 0 Å². The Morgan fingerprint density at radius 2 is 2.00 bits per heavy atom. The minimum atomic E-state index is -0.202. The van der Waals surface area contributed by atoms with Gasteiger partial charge in [-0.15, -0.1) is 0 Å². The number of rotatable bonds is 3. The van der Waals surface area contributed by atoms with Crippen molar-refractivity contribution in [1.29, 1.82) is 0 Å². The number of carbonyl (C=O) groups excluding carboxylic acids is 1. The molecular formula is C15H17NO2. The maximum Gasteiger partial charge on any atom is 0.291 e. The average Bonchev–Trinajstić information content (AvgIpc) is 2.78. The fourth-order valence-corrected chi connectivity index (χ4v) is 1.93. The van der Waals surface area contributed by atoms with Gasteiger partial charge in [0.15, 0.2) is 5.76 Å². The third kappa shape index (κ3) is 2.45. The molecule has 0 saturated carbocycles. The van der Waals surface area contributed by atoms with Crippen molar-refractivity contribution in [2.75, 3.05) is 5.32 Å². The van der Waals surface area contributed by atoms with E-state index in [1.165, 1.54) is 0 Å². The van der Waals surface area contributed by atoms with Gasteiger partial charge in [0.05, 0.1) is 0 Å². The number of anilines is 1. The molecule has 3 heteroatoms. The summed E-state index contributed by atoms with van der Waals surface area (Å²) >= 11 is 0. The van der Waals surface area contributed by atoms with Crippen molar-refractivity contribution in [3.63, 3.8) is 0 Å². The first-order valence-corrected chi connectivity index (χ1v) is 6.08. The number of furan rings is 1. The largest absolute Gasteiger partial charge is 0.456 e. The first kappa shape index (κ1) is 12.4. The van der Waals surface area contributed by atoms with E-state index in [-0.39, 0.29) is 5.91 Å². The zero-order chi connectivity index (χ0) is 13.1. The standard InChI is InChI=1S/C15H17NO2/c1-4-12-7-5-6-10(2)14(12)16-15(17)13-9-8-11(3)18-13/h5-9H,4H2,1-3H3,(H,16,17). The Morgan fingerprint density at radius 1 is 1.22 bits per heavy atom. The van der Waals surface area contributed by atoms with E-state index >= 15 is 0 Å². The minimum absolute atomic E-state index is 0.202. The Balaban J connectivity index is 2.26. The highest BCUT2D eigenvalue weighted by Gasteiger charge is 2.13. The SMILES string of the molecule is CCc1cccc(C)c1NC(=O)c1ccc(C)o1. The number of benzene rings is 1. The summed E-state index contributed by atoms with van der Waals surface area (Å²) in [7, 11) is 0. The van der Waals surface area contributed by atoms with Crippen LogP contribution < -0.4 is 5.32 Å². The summed E-state index contributed by atoms with van der Waals surface area (Å²) in [6.07, 6.45) is 0.883. The number of aryl methyl sites for hydroxylation is 3. The molecule has 2 aromatic rings. The van der Waals surface area contributed by atoms with Gasteiger partial charge in [-0.25, -0.2) is 0 Å². The van der Waals surface area contributed by atoms with Crippen LogP contribution in [0.15, 0.2) is 34.7 Å². The number of carbonyl (C=O) groups is 1. The summed E-state index contributed by atoms with van der Waals surface area (Å²) in [6.45, 7) is 5.88. The van der Waals surface area contributed by atoms with Gasteiger partial charge in [-0.1, -0.05) is 25.1 Å². The highest BCUT2D eigenvalue weighted by atomic mass is 16.3. The third-order valence-corrected chi connectivity index (χ3v) is 2.94. The Morgan fingerprint density at radius 3 is 2.61 bits per heavy atom. The molecule has 0 radical (unpaired) electrons. The first-order valence-electron chi connectivity index (χ1n) is 6.08. The molecule has 0 aliphatic heterocycles. The number of para-hydroxylation sites is 1. The molecule has 1 aromatic heterocycles. The average molecular weight is 243 g/mol. The molecule has 0 fully saturated rings. The van der Waals surface area contributed by atoms with Crippen molar-refractivity contribution in [3.8, 4) is 0 Å². The first-order chi connectivity index (χ1) is 8.61. The summed E-state index contributed by atoms with van der Waals surface area (Å²) < 4.78 is 5.32. The lowest BCUT2D eigenvalue weighted by Crippen LogP contribution is -2.13. The molecule has 2 rings (SSSR count). The minimum Gasteiger partial charge on any atom is -0.456 e. The monoisotopic (exact) mass is 243 g/mol. The van der Waals surface area contributed by atoms with Crippen molar-refractivity contribution in [2.24, 2.45) is 0 Å². The van der Waals surface area contributed by atoms with Crippen LogP contribution in [0.25, 0.3) is 0 Å². The second kappa shape index (κ2) is 5.08. The molecule has 3 nitrogen and oxygen atoms in total. The molecule has 0 bridgehead atoms. The summed E-state index contributed by atoms with van der Waals surface area (Å²) in [5.41, 5.74) is 3.08. The maximum atomic E-state index is 12.0. The zero-order valence-corrected chi connectivity index (χ0v) is 10.9. The van der Waals surface area contributed by atoms with Crippen molar-refractivity contribution in [2.45, 2.75) is 27.2 Å². The highest BCUT2D eigenvalue weighted by Crippen LogP contribution is 2.22. The van der Waals surface area contributed by atoms with Gasteiger partial charge >= 0.3 is 0 Å². The van der Waals surface area contributed by atoms with Gasteiger partial charge in [0.25, 0.3) is 5.91 Å². The molecule has 0 spiro atoms. The van der Waals surface area contributed by atoms with E-state index in [1.54, 1.807) is 12.1 Å². The molecule has 1 heterocycles. The normalized spacial score (nSPS) is 10.4. The van der Waals surface area contributed by atoms with Gasteiger partial charge in [-0.05, 0) is 43.5 Å². The summed E-state index contributed by atoms with van der Waals surface area (Å²) in [4.78, 5) is 12.0. The molecule has 0 unspecified atom stereocenters. The van der Waals surface area contributed by atoms with Crippen LogP contribution in [0.5, 0.6) is 0 Å². The lowest BCUT2D eigenvalue weighted by atomic mass is 10.1. The molecule has 1 N–H and O–H groups in total. The summed E-state index contributed by atoms with van der Waals surface area (Å²) in [6, 6.07) is 9.49. The van der Waals surface area contributed by atoms with Gasteiger partial charge < -0.3 is 9.73 Å². The van der Waals surface area contributed by atoms with Crippen LogP contribution in [-0.2, 0) is 6.42 Å². The van der Waals surface area contributed by atoms with E-state index in [2.05, 4.69) is 12.2 Å². The number of hydrogen-bond acceptors (Lipinski definition) is 2. The predicted octanol–water partition coefficient (Wildman–Crippen LogP) is 3.71. The molecule has 1 aromatic carbocycles. The molecule has 94 valence electrons. The third-order valence-electron chi connectivity index (χ3n) is 2.94. The van der Waals surface area contributed by atoms with E-state index < -0.39 is 0 Å². The van der Waals surface area contributed by atoms with Gasteiger partial charge in [0.2, 0.25) is 0 Å². The van der Waals surface area contributed by atoms with Crippen LogP contribution in [0.4, 0.5) is 5.69 Å². The van der Waals surface area contributed by atoms with E-state index in [4.69, 9.17) is 4.42 Å². The smallest absolute Gasteiger partial charge is 0.291 e. The molecule has 1 amide bonds. The lowest BCUT2D eigenvalue weighted by molar-refractivity contribution is 0.0995. The second-order valence-electron chi connectivity index (χ2n) is 4.33. The van der Waals surface area contributed by atoms with Crippen molar-refractivity contribution < 1.29 is 9.21 Å². The van der Waals surface area contributed by atoms with E-state index in [1.807, 2.05) is 32.0 Å². The highest BCUT2D eigenvalue weighted by molar-refractivity contribution is 6.03. The van der Waals surface area contributed by atoms with Gasteiger partial charge in [-0.2, -0.15) is 0 Å². The molecule has 0 aliphatic carbocycles. The van der Waals surface area contributed by atoms with Crippen LogP contribution in [-0.4, -0.2) is 5.91 Å². The van der Waals surface area contributed by atoms with Gasteiger partial charge in [-0.3, -0.25) is 4.79 Å². The fraction of sp³-hybridized carbons (Fsp3) is 0.267. The van der Waals surface area contributed by atoms with E-state index in [0.29, 0.717) is 5.76 Å². The Hall–Kier alpha value is -2.03. The topological polar surface area (TPSA) is 42.2 Å². The summed E-state index contributed by atoms with van der Waals surface area (Å²) in [5, 5.41) is 2.93. The second-order valence-corrected chi connectivity index (χ2v) is 4.33. The molecule has 0 atom stereocenters. The van der Waals surface area contributed by atoms with Crippen molar-refractivity contribution >= 4 is 11.6 Å². The fourth-order valence-electron chi connectivity index (χ4n) is 1.93. The number of hydrogen-bond donors (Lipinski definition) is 1. The molecule has 0 aliphatic rings. The van der Waals surface area contributed by atoms with Crippen LogP contribution in [0.1, 0.15) is 34.4 Å². The predicted molar refractivity (Wildman–Crippen MR) is 72.0 cm³/mol. The Bertz CT molecular complexity index is 570. The zero-order valence-electron chi connectivity index (χ0n) is 10.9. The van der Waals surface area contributed by atoms with Crippen LogP contribution in [0, 0.1) is 13.8 Å². The summed E-state index contributed by atoms with van der Waals surface area (Å²) in [5.74, 6) is 0.880. The van der Waals surface area contributed by atoms with E-state index in [9.17, 15) is 4.79 Å². The van der Waals surface area contributed by atoms with Gasteiger partial charge in [0, 0.05) is 5.69 Å². The van der Waals surface area contributed by atoms with Crippen molar-refractivity contribution in [1.82, 2.24) is 0 Å². The Kier molecular flexibility index (Phi) is 3.51. The molecular weight excluding hydrogens is 226 g/mol. The van der Waals surface area contributed by atoms with Crippen LogP contribution in [0.3, 0.4) is 0 Å². The van der Waals surface area contributed by atoms with Crippen LogP contribution >= 0.6 is 0 Å². The number of nitrogens with one attached hydrogen (secondary N) is 1. The number of amides is 1. The molecule has 0 saturated heterocycles. The Labute approximate surface area is 107 Å².